The van der Waals surface area contributed by atoms with Gasteiger partial charge in [-0.2, -0.15) is 4.31 Å². The predicted molar refractivity (Wildman–Crippen MR) is 84.1 cm³/mol. The zero-order chi connectivity index (χ0) is 15.7. The number of sulfonamides is 1. The van der Waals surface area contributed by atoms with Gasteiger partial charge < -0.3 is 9.72 Å². The second-order valence-corrected chi connectivity index (χ2v) is 7.71. The van der Waals surface area contributed by atoms with Gasteiger partial charge in [0.2, 0.25) is 10.0 Å². The second-order valence-electron chi connectivity index (χ2n) is 5.74. The summed E-state index contributed by atoms with van der Waals surface area (Å²) in [7, 11) is -0.143. The van der Waals surface area contributed by atoms with E-state index >= 15 is 0 Å². The van der Waals surface area contributed by atoms with Gasteiger partial charge in [-0.15, -0.1) is 0 Å². The largest absolute Gasteiger partial charge is 0.381 e. The van der Waals surface area contributed by atoms with E-state index in [1.165, 1.54) is 10.5 Å². The molecule has 0 spiro atoms. The van der Waals surface area contributed by atoms with Gasteiger partial charge in [-0.3, -0.25) is 0 Å². The molecule has 0 atom stereocenters. The average Bonchev–Trinajstić information content (AvgIpc) is 2.99. The summed E-state index contributed by atoms with van der Waals surface area (Å²) in [6, 6.07) is 3.55. The molecular formula is C15H21N3O3S. The molecule has 0 unspecified atom stereocenters. The highest BCUT2D eigenvalue weighted by Gasteiger charge is 2.32. The number of H-pyrrole nitrogens is 1. The Morgan fingerprint density at radius 2 is 2.05 bits per heavy atom. The maximum atomic E-state index is 12.9. The Morgan fingerprint density at radius 3 is 2.73 bits per heavy atom. The van der Waals surface area contributed by atoms with Crippen molar-refractivity contribution in [1.29, 1.82) is 0 Å². The van der Waals surface area contributed by atoms with Crippen LogP contribution in [0, 0.1) is 0 Å². The first-order valence-electron chi connectivity index (χ1n) is 7.47. The molecule has 0 saturated heterocycles. The third-order valence-corrected chi connectivity index (χ3v) is 6.51. The van der Waals surface area contributed by atoms with Gasteiger partial charge in [0.15, 0.2) is 0 Å². The van der Waals surface area contributed by atoms with Crippen molar-refractivity contribution >= 4 is 21.1 Å². The lowest BCUT2D eigenvalue weighted by atomic mass is 9.93. The fourth-order valence-corrected chi connectivity index (χ4v) is 4.70. The van der Waals surface area contributed by atoms with Crippen molar-refractivity contribution in [1.82, 2.24) is 14.3 Å². The van der Waals surface area contributed by atoms with E-state index < -0.39 is 10.0 Å². The summed E-state index contributed by atoms with van der Waals surface area (Å²) < 4.78 is 32.7. The van der Waals surface area contributed by atoms with E-state index in [1.54, 1.807) is 32.5 Å². The number of ether oxygens (including phenoxy) is 1. The Kier molecular flexibility index (Phi) is 4.20. The summed E-state index contributed by atoms with van der Waals surface area (Å²) in [6.45, 7) is 0. The van der Waals surface area contributed by atoms with Crippen molar-refractivity contribution < 1.29 is 13.2 Å². The molecule has 1 fully saturated rings. The minimum atomic E-state index is -3.52. The zero-order valence-electron chi connectivity index (χ0n) is 12.8. The lowest BCUT2D eigenvalue weighted by Gasteiger charge is -2.33. The summed E-state index contributed by atoms with van der Waals surface area (Å²) in [4.78, 5) is 7.38. The zero-order valence-corrected chi connectivity index (χ0v) is 13.6. The van der Waals surface area contributed by atoms with Crippen molar-refractivity contribution in [3.8, 4) is 0 Å². The van der Waals surface area contributed by atoms with Crippen LogP contribution in [0.25, 0.3) is 11.0 Å². The first-order valence-corrected chi connectivity index (χ1v) is 8.91. The molecule has 0 amide bonds. The lowest BCUT2D eigenvalue weighted by molar-refractivity contribution is 0.0553. The van der Waals surface area contributed by atoms with Crippen molar-refractivity contribution in [2.45, 2.75) is 42.7 Å². The van der Waals surface area contributed by atoms with E-state index in [-0.39, 0.29) is 12.1 Å². The lowest BCUT2D eigenvalue weighted by Crippen LogP contribution is -2.40. The molecule has 1 N–H and O–H groups in total. The van der Waals surface area contributed by atoms with Crippen LogP contribution in [-0.2, 0) is 14.8 Å². The van der Waals surface area contributed by atoms with Crippen molar-refractivity contribution in [2.24, 2.45) is 0 Å². The number of nitrogens with one attached hydrogen (secondary N) is 1. The maximum Gasteiger partial charge on any atom is 0.245 e. The Morgan fingerprint density at radius 1 is 1.32 bits per heavy atom. The summed E-state index contributed by atoms with van der Waals surface area (Å²) >= 11 is 0. The number of aromatic nitrogens is 2. The molecule has 120 valence electrons. The molecule has 7 heteroatoms. The quantitative estimate of drug-likeness (QED) is 0.935. The minimum absolute atomic E-state index is 0.0259. The standard InChI is InChI=1S/C15H21N3O3S/c1-18(11-5-7-12(21-2)8-6-11)22(19,20)14-10-17-15-13(14)4-3-9-16-15/h3-4,9-12H,5-8H2,1-2H3,(H,16,17). The van der Waals surface area contributed by atoms with Crippen LogP contribution in [-0.4, -0.2) is 49.0 Å². The number of hydrogen-bond acceptors (Lipinski definition) is 4. The molecule has 2 aromatic rings. The summed E-state index contributed by atoms with van der Waals surface area (Å²) in [5.74, 6) is 0. The van der Waals surface area contributed by atoms with Gasteiger partial charge in [-0.25, -0.2) is 13.4 Å². The highest BCUT2D eigenvalue weighted by atomic mass is 32.2. The maximum absolute atomic E-state index is 12.9. The highest BCUT2D eigenvalue weighted by Crippen LogP contribution is 2.30. The van der Waals surface area contributed by atoms with Gasteiger partial charge >= 0.3 is 0 Å². The number of pyridine rings is 1. The van der Waals surface area contributed by atoms with Crippen LogP contribution in [0.4, 0.5) is 0 Å². The number of aromatic amines is 1. The molecule has 1 saturated carbocycles. The molecule has 1 aliphatic rings. The Bertz CT molecular complexity index is 748. The SMILES string of the molecule is COC1CCC(N(C)S(=O)(=O)c2c[nH]c3ncccc23)CC1. The molecule has 0 aromatic carbocycles. The van der Waals surface area contributed by atoms with Crippen molar-refractivity contribution in [2.75, 3.05) is 14.2 Å². The van der Waals surface area contributed by atoms with Gasteiger partial charge in [0.05, 0.1) is 6.10 Å². The predicted octanol–water partition coefficient (Wildman–Crippen LogP) is 2.14. The van der Waals surface area contributed by atoms with E-state index in [4.69, 9.17) is 4.74 Å². The van der Waals surface area contributed by atoms with Crippen LogP contribution in [0.5, 0.6) is 0 Å². The van der Waals surface area contributed by atoms with E-state index in [2.05, 4.69) is 9.97 Å². The van der Waals surface area contributed by atoms with Gasteiger partial charge in [0.25, 0.3) is 0 Å². The van der Waals surface area contributed by atoms with E-state index in [1.807, 2.05) is 0 Å². The van der Waals surface area contributed by atoms with Crippen LogP contribution in [0.3, 0.4) is 0 Å². The number of methoxy groups -OCH3 is 1. The van der Waals surface area contributed by atoms with Gasteiger partial charge in [-0.1, -0.05) is 0 Å². The Hall–Kier alpha value is -1.44. The van der Waals surface area contributed by atoms with E-state index in [9.17, 15) is 8.42 Å². The fourth-order valence-electron chi connectivity index (χ4n) is 3.14. The molecule has 1 aliphatic carbocycles. The first kappa shape index (κ1) is 15.5. The van der Waals surface area contributed by atoms with Crippen molar-refractivity contribution in [3.63, 3.8) is 0 Å². The number of fused-ring (bicyclic) bond motifs is 1. The average molecular weight is 323 g/mol. The van der Waals surface area contributed by atoms with Gasteiger partial charge in [0.1, 0.15) is 10.5 Å². The van der Waals surface area contributed by atoms with Crippen LogP contribution in [0.2, 0.25) is 0 Å². The Balaban J connectivity index is 1.86. The third-order valence-electron chi connectivity index (χ3n) is 4.56. The monoisotopic (exact) mass is 323 g/mol. The number of rotatable bonds is 4. The van der Waals surface area contributed by atoms with E-state index in [0.717, 1.165) is 25.7 Å². The molecule has 6 nitrogen and oxygen atoms in total. The minimum Gasteiger partial charge on any atom is -0.381 e. The summed E-state index contributed by atoms with van der Waals surface area (Å²) in [6.07, 6.45) is 6.89. The van der Waals surface area contributed by atoms with Crippen LogP contribution in [0.15, 0.2) is 29.4 Å². The normalized spacial score (nSPS) is 23.2. The molecule has 3 rings (SSSR count). The van der Waals surface area contributed by atoms with Gasteiger partial charge in [0, 0.05) is 38.0 Å². The molecule has 0 radical (unpaired) electrons. The second kappa shape index (κ2) is 5.98. The number of nitrogens with zero attached hydrogens (tertiary/aromatic N) is 2. The third kappa shape index (κ3) is 2.64. The number of hydrogen-bond donors (Lipinski definition) is 1. The van der Waals surface area contributed by atoms with Crippen LogP contribution < -0.4 is 0 Å². The molecule has 0 bridgehead atoms. The highest BCUT2D eigenvalue weighted by molar-refractivity contribution is 7.89. The first-order chi connectivity index (χ1) is 10.5. The molecule has 22 heavy (non-hydrogen) atoms. The summed E-state index contributed by atoms with van der Waals surface area (Å²) in [5.41, 5.74) is 0.595. The fraction of sp³-hybridized carbons (Fsp3) is 0.533. The van der Waals surface area contributed by atoms with Crippen LogP contribution >= 0.6 is 0 Å². The topological polar surface area (TPSA) is 75.3 Å². The molecule has 0 aliphatic heterocycles. The molecule has 2 heterocycles. The Labute approximate surface area is 130 Å². The van der Waals surface area contributed by atoms with Crippen LogP contribution in [0.1, 0.15) is 25.7 Å². The molecular weight excluding hydrogens is 302 g/mol. The van der Waals surface area contributed by atoms with Crippen molar-refractivity contribution in [3.05, 3.63) is 24.5 Å². The smallest absolute Gasteiger partial charge is 0.245 e. The van der Waals surface area contributed by atoms with Gasteiger partial charge in [-0.05, 0) is 37.8 Å². The molecule has 2 aromatic heterocycles. The van der Waals surface area contributed by atoms with E-state index in [0.29, 0.717) is 15.9 Å². The summed E-state index contributed by atoms with van der Waals surface area (Å²) in [5, 5.41) is 0.639.